The molecule has 1 saturated heterocycles. The van der Waals surface area contributed by atoms with Gasteiger partial charge >= 0.3 is 0 Å². The minimum Gasteiger partial charge on any atom is -0.352 e. The van der Waals surface area contributed by atoms with E-state index < -0.39 is 5.79 Å². The molecule has 1 aliphatic rings. The molecule has 1 aliphatic heterocycles. The molecule has 3 rings (SSSR count). The maximum atomic E-state index is 12.1. The number of aromatic nitrogens is 1. The summed E-state index contributed by atoms with van der Waals surface area (Å²) in [6.07, 6.45) is 5.91. The van der Waals surface area contributed by atoms with Crippen LogP contribution in [0.25, 0.3) is 17.0 Å². The zero-order valence-corrected chi connectivity index (χ0v) is 14.7. The van der Waals surface area contributed by atoms with Crippen LogP contribution in [0.15, 0.2) is 42.6 Å². The number of pyridine rings is 1. The van der Waals surface area contributed by atoms with Crippen molar-refractivity contribution in [1.82, 2.24) is 10.3 Å². The molecule has 5 heteroatoms. The van der Waals surface area contributed by atoms with E-state index in [9.17, 15) is 4.79 Å². The number of carbonyl (C=O) groups is 1. The summed E-state index contributed by atoms with van der Waals surface area (Å²) in [6.45, 7) is 5.89. The molecule has 0 bridgehead atoms. The summed E-state index contributed by atoms with van der Waals surface area (Å²) in [5.41, 5.74) is 1.90. The Morgan fingerprint density at radius 3 is 2.88 bits per heavy atom. The van der Waals surface area contributed by atoms with Gasteiger partial charge < -0.3 is 14.8 Å². The highest BCUT2D eigenvalue weighted by Crippen LogP contribution is 2.26. The lowest BCUT2D eigenvalue weighted by Gasteiger charge is -2.25. The van der Waals surface area contributed by atoms with E-state index in [1.807, 2.05) is 43.3 Å². The molecule has 2 heterocycles. The van der Waals surface area contributed by atoms with Gasteiger partial charge in [-0.3, -0.25) is 9.78 Å². The van der Waals surface area contributed by atoms with Gasteiger partial charge in [-0.1, -0.05) is 25.1 Å². The van der Waals surface area contributed by atoms with E-state index >= 15 is 0 Å². The maximum Gasteiger partial charge on any atom is 0.244 e. The SMILES string of the molecule is C[C@H](CNC(=O)/C=C\c1ccnc2ccccc12)CC1(C)OCCO1. The minimum absolute atomic E-state index is 0.105. The number of rotatable bonds is 6. The third kappa shape index (κ3) is 4.65. The average molecular weight is 340 g/mol. The molecule has 0 spiro atoms. The van der Waals surface area contributed by atoms with E-state index in [2.05, 4.69) is 17.2 Å². The number of benzene rings is 1. The Balaban J connectivity index is 1.54. The molecule has 1 aromatic heterocycles. The maximum absolute atomic E-state index is 12.1. The normalized spacial score (nSPS) is 17.8. The van der Waals surface area contributed by atoms with E-state index in [0.29, 0.717) is 19.8 Å². The first-order valence-electron chi connectivity index (χ1n) is 8.63. The van der Waals surface area contributed by atoms with Crippen LogP contribution in [0.1, 0.15) is 25.8 Å². The number of hydrogen-bond acceptors (Lipinski definition) is 4. The summed E-state index contributed by atoms with van der Waals surface area (Å²) in [5, 5.41) is 3.97. The molecule has 1 aromatic carbocycles. The number of fused-ring (bicyclic) bond motifs is 1. The van der Waals surface area contributed by atoms with E-state index in [1.54, 1.807) is 12.3 Å². The Hall–Kier alpha value is -2.24. The van der Waals surface area contributed by atoms with Crippen molar-refractivity contribution in [2.24, 2.45) is 5.92 Å². The van der Waals surface area contributed by atoms with Crippen molar-refractivity contribution in [2.45, 2.75) is 26.1 Å². The van der Waals surface area contributed by atoms with Gasteiger partial charge in [0.05, 0.1) is 18.7 Å². The first-order valence-corrected chi connectivity index (χ1v) is 8.63. The average Bonchev–Trinajstić information content (AvgIpc) is 3.04. The quantitative estimate of drug-likeness (QED) is 0.821. The fraction of sp³-hybridized carbons (Fsp3) is 0.400. The molecular weight excluding hydrogens is 316 g/mol. The van der Waals surface area contributed by atoms with Gasteiger partial charge in [-0.15, -0.1) is 0 Å². The fourth-order valence-corrected chi connectivity index (χ4v) is 3.14. The molecule has 5 nitrogen and oxygen atoms in total. The molecule has 1 fully saturated rings. The lowest BCUT2D eigenvalue weighted by molar-refractivity contribution is -0.154. The van der Waals surface area contributed by atoms with Crippen LogP contribution in [0.4, 0.5) is 0 Å². The standard InChI is InChI=1S/C20H24N2O3/c1-15(13-20(2)24-11-12-25-20)14-22-19(23)8-7-16-9-10-21-18-6-4-3-5-17(16)18/h3-10,15H,11-14H2,1-2H3,(H,22,23)/b8-7-/t15-/m0/s1. The number of carbonyl (C=O) groups excluding carboxylic acids is 1. The summed E-state index contributed by atoms with van der Waals surface area (Å²) in [6, 6.07) is 9.79. The third-order valence-electron chi connectivity index (χ3n) is 4.34. The second-order valence-corrected chi connectivity index (χ2v) is 6.64. The highest BCUT2D eigenvalue weighted by molar-refractivity contribution is 5.95. The first kappa shape index (κ1) is 17.6. The minimum atomic E-state index is -0.518. The summed E-state index contributed by atoms with van der Waals surface area (Å²) >= 11 is 0. The third-order valence-corrected chi connectivity index (χ3v) is 4.34. The van der Waals surface area contributed by atoms with Crippen LogP contribution >= 0.6 is 0 Å². The number of nitrogens with one attached hydrogen (secondary N) is 1. The molecule has 1 amide bonds. The Bertz CT molecular complexity index is 761. The van der Waals surface area contributed by atoms with Crippen LogP contribution < -0.4 is 5.32 Å². The van der Waals surface area contributed by atoms with Crippen molar-refractivity contribution >= 4 is 22.9 Å². The molecule has 0 unspecified atom stereocenters. The van der Waals surface area contributed by atoms with E-state index in [4.69, 9.17) is 9.47 Å². The zero-order chi connectivity index (χ0) is 17.7. The second-order valence-electron chi connectivity index (χ2n) is 6.64. The van der Waals surface area contributed by atoms with Gasteiger partial charge in [-0.25, -0.2) is 0 Å². The Morgan fingerprint density at radius 2 is 2.08 bits per heavy atom. The highest BCUT2D eigenvalue weighted by atomic mass is 16.7. The first-order chi connectivity index (χ1) is 12.1. The van der Waals surface area contributed by atoms with Crippen molar-refractivity contribution in [1.29, 1.82) is 0 Å². The molecule has 132 valence electrons. The number of para-hydroxylation sites is 1. The van der Waals surface area contributed by atoms with Gasteiger partial charge in [-0.05, 0) is 36.6 Å². The Labute approximate surface area is 148 Å². The summed E-state index contributed by atoms with van der Waals surface area (Å²) < 4.78 is 11.2. The van der Waals surface area contributed by atoms with Crippen LogP contribution in [-0.2, 0) is 14.3 Å². The topological polar surface area (TPSA) is 60.5 Å². The van der Waals surface area contributed by atoms with E-state index in [0.717, 1.165) is 22.9 Å². The van der Waals surface area contributed by atoms with Crippen molar-refractivity contribution in [2.75, 3.05) is 19.8 Å². The Morgan fingerprint density at radius 1 is 1.32 bits per heavy atom. The van der Waals surface area contributed by atoms with Gasteiger partial charge in [0, 0.05) is 30.6 Å². The molecule has 2 aromatic rings. The van der Waals surface area contributed by atoms with Crippen LogP contribution in [0.2, 0.25) is 0 Å². The van der Waals surface area contributed by atoms with Crippen LogP contribution in [0.3, 0.4) is 0 Å². The number of ether oxygens (including phenoxy) is 2. The summed E-state index contributed by atoms with van der Waals surface area (Å²) in [5.74, 6) is -0.357. The van der Waals surface area contributed by atoms with E-state index in [1.165, 1.54) is 0 Å². The van der Waals surface area contributed by atoms with Gasteiger partial charge in [0.15, 0.2) is 5.79 Å². The number of nitrogens with zero attached hydrogens (tertiary/aromatic N) is 1. The van der Waals surface area contributed by atoms with Gasteiger partial charge in [0.2, 0.25) is 5.91 Å². The molecule has 0 aliphatic carbocycles. The molecule has 1 N–H and O–H groups in total. The number of amides is 1. The summed E-state index contributed by atoms with van der Waals surface area (Å²) in [4.78, 5) is 16.4. The van der Waals surface area contributed by atoms with Crippen LogP contribution in [0, 0.1) is 5.92 Å². The van der Waals surface area contributed by atoms with Gasteiger partial charge in [0.1, 0.15) is 0 Å². The Kier molecular flexibility index (Phi) is 5.46. The fourth-order valence-electron chi connectivity index (χ4n) is 3.14. The van der Waals surface area contributed by atoms with Gasteiger partial charge in [0.25, 0.3) is 0 Å². The lowest BCUT2D eigenvalue weighted by Crippen LogP contribution is -2.33. The zero-order valence-electron chi connectivity index (χ0n) is 14.7. The largest absolute Gasteiger partial charge is 0.352 e. The molecule has 0 radical (unpaired) electrons. The number of hydrogen-bond donors (Lipinski definition) is 1. The lowest BCUT2D eigenvalue weighted by atomic mass is 10.0. The van der Waals surface area contributed by atoms with E-state index in [-0.39, 0.29) is 11.8 Å². The van der Waals surface area contributed by atoms with Crippen LogP contribution in [0.5, 0.6) is 0 Å². The monoisotopic (exact) mass is 340 g/mol. The van der Waals surface area contributed by atoms with Crippen molar-refractivity contribution in [3.05, 3.63) is 48.2 Å². The second kappa shape index (κ2) is 7.76. The predicted octanol–water partition coefficient (Wildman–Crippen LogP) is 3.15. The van der Waals surface area contributed by atoms with Crippen molar-refractivity contribution < 1.29 is 14.3 Å². The van der Waals surface area contributed by atoms with Crippen molar-refractivity contribution in [3.8, 4) is 0 Å². The molecule has 0 saturated carbocycles. The predicted molar refractivity (Wildman–Crippen MR) is 97.9 cm³/mol. The molecule has 1 atom stereocenters. The smallest absolute Gasteiger partial charge is 0.244 e. The highest BCUT2D eigenvalue weighted by Gasteiger charge is 2.32. The van der Waals surface area contributed by atoms with Crippen molar-refractivity contribution in [3.63, 3.8) is 0 Å². The molecular formula is C20H24N2O3. The summed E-state index contributed by atoms with van der Waals surface area (Å²) in [7, 11) is 0. The van der Waals surface area contributed by atoms with Crippen LogP contribution in [-0.4, -0.2) is 36.4 Å². The molecule has 25 heavy (non-hydrogen) atoms. The van der Waals surface area contributed by atoms with Gasteiger partial charge in [-0.2, -0.15) is 0 Å².